The smallest absolute Gasteiger partial charge is 0.303 e. The molecular weight excluding hydrogens is 160 g/mol. The van der Waals surface area contributed by atoms with Crippen molar-refractivity contribution in [3.05, 3.63) is 12.3 Å². The number of hydrogen-bond donors (Lipinski definition) is 1. The van der Waals surface area contributed by atoms with E-state index in [1.165, 1.54) is 19.3 Å². The van der Waals surface area contributed by atoms with Crippen molar-refractivity contribution in [1.29, 1.82) is 0 Å². The predicted octanol–water partition coefficient (Wildman–Crippen LogP) is 0.211. The van der Waals surface area contributed by atoms with E-state index in [1.807, 2.05) is 0 Å². The third kappa shape index (κ3) is 1.98. The van der Waals surface area contributed by atoms with Gasteiger partial charge in [-0.2, -0.15) is 0 Å². The van der Waals surface area contributed by atoms with Crippen LogP contribution >= 0.6 is 0 Å². The molecule has 68 valence electrons. The van der Waals surface area contributed by atoms with Crippen molar-refractivity contribution >= 4 is 5.97 Å². The highest BCUT2D eigenvalue weighted by atomic mass is 16.6. The van der Waals surface area contributed by atoms with Gasteiger partial charge in [-0.05, 0) is 13.0 Å². The normalized spacial score (nSPS) is 34.1. The molecular formula is C8H12O4. The van der Waals surface area contributed by atoms with Gasteiger partial charge >= 0.3 is 5.97 Å². The Morgan fingerprint density at radius 3 is 2.83 bits per heavy atom. The highest BCUT2D eigenvalue weighted by Gasteiger charge is 2.30. The standard InChI is InChI=1S/C8H12O4/c1-5-8(12-6(2)9)7(10)3-4-11-5/h3-5,7-8,10H,1-2H3/t5-,7-,8+/m0/s1. The quantitative estimate of drug-likeness (QED) is 0.574. The molecule has 0 radical (unpaired) electrons. The number of ether oxygens (including phenoxy) is 2. The zero-order valence-electron chi connectivity index (χ0n) is 7.06. The van der Waals surface area contributed by atoms with Gasteiger partial charge in [-0.3, -0.25) is 4.79 Å². The fourth-order valence-electron chi connectivity index (χ4n) is 1.07. The highest BCUT2D eigenvalue weighted by Crippen LogP contribution is 2.15. The number of esters is 1. The van der Waals surface area contributed by atoms with Crippen LogP contribution in [0.1, 0.15) is 13.8 Å². The van der Waals surface area contributed by atoms with Gasteiger partial charge in [0.25, 0.3) is 0 Å². The topological polar surface area (TPSA) is 55.8 Å². The Morgan fingerprint density at radius 2 is 2.33 bits per heavy atom. The molecule has 0 saturated carbocycles. The second-order valence-electron chi connectivity index (χ2n) is 2.73. The lowest BCUT2D eigenvalue weighted by atomic mass is 10.1. The summed E-state index contributed by atoms with van der Waals surface area (Å²) in [6.07, 6.45) is 1.21. The molecule has 12 heavy (non-hydrogen) atoms. The fourth-order valence-corrected chi connectivity index (χ4v) is 1.07. The Hall–Kier alpha value is -1.03. The maximum atomic E-state index is 10.6. The van der Waals surface area contributed by atoms with Crippen LogP contribution in [0.2, 0.25) is 0 Å². The molecule has 1 aliphatic heterocycles. The molecule has 0 amide bonds. The van der Waals surface area contributed by atoms with E-state index >= 15 is 0 Å². The average molecular weight is 172 g/mol. The number of aliphatic hydroxyl groups excluding tert-OH is 1. The third-order valence-electron chi connectivity index (χ3n) is 1.67. The maximum Gasteiger partial charge on any atom is 0.303 e. The van der Waals surface area contributed by atoms with Crippen LogP contribution in [0.3, 0.4) is 0 Å². The van der Waals surface area contributed by atoms with E-state index in [0.29, 0.717) is 0 Å². The molecule has 1 rings (SSSR count). The van der Waals surface area contributed by atoms with E-state index in [0.717, 1.165) is 0 Å². The largest absolute Gasteiger partial charge is 0.495 e. The molecule has 4 nitrogen and oxygen atoms in total. The van der Waals surface area contributed by atoms with Crippen molar-refractivity contribution in [2.45, 2.75) is 32.2 Å². The van der Waals surface area contributed by atoms with Gasteiger partial charge in [0.05, 0.1) is 6.26 Å². The van der Waals surface area contributed by atoms with E-state index in [4.69, 9.17) is 9.47 Å². The molecule has 0 spiro atoms. The molecule has 0 aliphatic carbocycles. The second-order valence-corrected chi connectivity index (χ2v) is 2.73. The van der Waals surface area contributed by atoms with Crippen LogP contribution in [0, 0.1) is 0 Å². The lowest BCUT2D eigenvalue weighted by molar-refractivity contribution is -0.160. The summed E-state index contributed by atoms with van der Waals surface area (Å²) in [5, 5.41) is 9.34. The summed E-state index contributed by atoms with van der Waals surface area (Å²) >= 11 is 0. The molecule has 0 unspecified atom stereocenters. The lowest BCUT2D eigenvalue weighted by Gasteiger charge is -2.28. The first-order valence-corrected chi connectivity index (χ1v) is 3.78. The van der Waals surface area contributed by atoms with Crippen molar-refractivity contribution in [2.75, 3.05) is 0 Å². The van der Waals surface area contributed by atoms with Gasteiger partial charge in [-0.15, -0.1) is 0 Å². The summed E-state index contributed by atoms with van der Waals surface area (Å²) in [6, 6.07) is 0. The fraction of sp³-hybridized carbons (Fsp3) is 0.625. The molecule has 0 bridgehead atoms. The van der Waals surface area contributed by atoms with Crippen LogP contribution in [0.4, 0.5) is 0 Å². The number of carbonyl (C=O) groups is 1. The van der Waals surface area contributed by atoms with Crippen molar-refractivity contribution in [1.82, 2.24) is 0 Å². The van der Waals surface area contributed by atoms with Crippen molar-refractivity contribution in [3.8, 4) is 0 Å². The van der Waals surface area contributed by atoms with Crippen LogP contribution in [-0.4, -0.2) is 29.4 Å². The SMILES string of the molecule is CC(=O)O[C@@H]1[C@H](C)OC=C[C@@H]1O. The molecule has 0 aromatic heterocycles. The van der Waals surface area contributed by atoms with Gasteiger partial charge in [0, 0.05) is 6.92 Å². The van der Waals surface area contributed by atoms with Crippen molar-refractivity contribution < 1.29 is 19.4 Å². The minimum atomic E-state index is -0.766. The first kappa shape index (κ1) is 9.06. The van der Waals surface area contributed by atoms with Gasteiger partial charge in [-0.1, -0.05) is 0 Å². The Kier molecular flexibility index (Phi) is 2.70. The Labute approximate surface area is 70.8 Å². The third-order valence-corrected chi connectivity index (χ3v) is 1.67. The highest BCUT2D eigenvalue weighted by molar-refractivity contribution is 5.66. The summed E-state index contributed by atoms with van der Waals surface area (Å²) in [5.74, 6) is -0.412. The van der Waals surface area contributed by atoms with Gasteiger partial charge in [0.2, 0.25) is 0 Å². The van der Waals surface area contributed by atoms with E-state index < -0.39 is 18.2 Å². The molecule has 0 saturated heterocycles. The lowest BCUT2D eigenvalue weighted by Crippen LogP contribution is -2.41. The molecule has 0 fully saturated rings. The number of rotatable bonds is 1. The van der Waals surface area contributed by atoms with E-state index in [2.05, 4.69) is 0 Å². The van der Waals surface area contributed by atoms with E-state index in [1.54, 1.807) is 6.92 Å². The first-order chi connectivity index (χ1) is 5.61. The second kappa shape index (κ2) is 3.58. The first-order valence-electron chi connectivity index (χ1n) is 3.78. The molecule has 0 aromatic carbocycles. The van der Waals surface area contributed by atoms with Crippen LogP contribution in [0.25, 0.3) is 0 Å². The van der Waals surface area contributed by atoms with Gasteiger partial charge in [0.1, 0.15) is 12.2 Å². The van der Waals surface area contributed by atoms with E-state index in [-0.39, 0.29) is 6.10 Å². The predicted molar refractivity (Wildman–Crippen MR) is 41.2 cm³/mol. The van der Waals surface area contributed by atoms with Crippen LogP contribution in [0.5, 0.6) is 0 Å². The van der Waals surface area contributed by atoms with Crippen LogP contribution in [-0.2, 0) is 14.3 Å². The molecule has 3 atom stereocenters. The Morgan fingerprint density at radius 1 is 1.67 bits per heavy atom. The summed E-state index contributed by atoms with van der Waals surface area (Å²) in [6.45, 7) is 3.04. The van der Waals surface area contributed by atoms with Gasteiger partial charge in [0.15, 0.2) is 6.10 Å². The average Bonchev–Trinajstić information content (AvgIpc) is 1.97. The Bertz CT molecular complexity index is 199. The number of aliphatic hydroxyl groups is 1. The number of hydrogen-bond acceptors (Lipinski definition) is 4. The van der Waals surface area contributed by atoms with Crippen molar-refractivity contribution in [2.24, 2.45) is 0 Å². The number of carbonyl (C=O) groups excluding carboxylic acids is 1. The summed E-state index contributed by atoms with van der Waals surface area (Å²) in [7, 11) is 0. The van der Waals surface area contributed by atoms with Crippen molar-refractivity contribution in [3.63, 3.8) is 0 Å². The minimum Gasteiger partial charge on any atom is -0.495 e. The van der Waals surface area contributed by atoms with Crippen LogP contribution < -0.4 is 0 Å². The van der Waals surface area contributed by atoms with Gasteiger partial charge < -0.3 is 14.6 Å². The summed E-state index contributed by atoms with van der Waals surface area (Å²) in [5.41, 5.74) is 0. The zero-order chi connectivity index (χ0) is 9.14. The summed E-state index contributed by atoms with van der Waals surface area (Å²) in [4.78, 5) is 10.6. The molecule has 1 N–H and O–H groups in total. The van der Waals surface area contributed by atoms with E-state index in [9.17, 15) is 9.90 Å². The molecule has 0 aromatic rings. The maximum absolute atomic E-state index is 10.6. The van der Waals surface area contributed by atoms with Gasteiger partial charge in [-0.25, -0.2) is 0 Å². The Balaban J connectivity index is 2.60. The monoisotopic (exact) mass is 172 g/mol. The minimum absolute atomic E-state index is 0.297. The molecule has 1 heterocycles. The van der Waals surface area contributed by atoms with Crippen LogP contribution in [0.15, 0.2) is 12.3 Å². The molecule has 1 aliphatic rings. The summed E-state index contributed by atoms with van der Waals surface area (Å²) < 4.78 is 9.89. The zero-order valence-corrected chi connectivity index (χ0v) is 7.06. The molecule has 4 heteroatoms.